The predicted molar refractivity (Wildman–Crippen MR) is 69.9 cm³/mol. The summed E-state index contributed by atoms with van der Waals surface area (Å²) in [6.07, 6.45) is 0. The van der Waals surface area contributed by atoms with Crippen LogP contribution in [0.15, 0.2) is 18.2 Å². The molecule has 1 unspecified atom stereocenters. The van der Waals surface area contributed by atoms with E-state index in [-0.39, 0.29) is 29.4 Å². The minimum Gasteiger partial charge on any atom is -0.378 e. The maximum Gasteiger partial charge on any atom is 0.243 e. The van der Waals surface area contributed by atoms with Gasteiger partial charge in [-0.2, -0.15) is 0 Å². The van der Waals surface area contributed by atoms with Gasteiger partial charge in [-0.3, -0.25) is 4.79 Å². The molecule has 0 radical (unpaired) electrons. The van der Waals surface area contributed by atoms with Crippen molar-refractivity contribution < 1.29 is 13.9 Å². The molecule has 0 aromatic heterocycles. The SMILES string of the molecule is Cl.O=C(Nc1ccc(F)c(Cl)c1)C1COCCN1. The molecule has 1 amide bonds. The maximum absolute atomic E-state index is 12.9. The summed E-state index contributed by atoms with van der Waals surface area (Å²) in [4.78, 5) is 11.8. The summed E-state index contributed by atoms with van der Waals surface area (Å²) >= 11 is 5.62. The van der Waals surface area contributed by atoms with Crippen LogP contribution in [0.4, 0.5) is 10.1 Å². The molecule has 2 N–H and O–H groups in total. The zero-order valence-corrected chi connectivity index (χ0v) is 11.0. The molecule has 1 fully saturated rings. The third-order valence-electron chi connectivity index (χ3n) is 2.43. The van der Waals surface area contributed by atoms with Crippen molar-refractivity contribution in [1.29, 1.82) is 0 Å². The summed E-state index contributed by atoms with van der Waals surface area (Å²) in [6, 6.07) is 3.66. The topological polar surface area (TPSA) is 50.4 Å². The number of hydrogen-bond donors (Lipinski definition) is 2. The van der Waals surface area contributed by atoms with Crippen molar-refractivity contribution in [2.24, 2.45) is 0 Å². The highest BCUT2D eigenvalue weighted by Gasteiger charge is 2.21. The Morgan fingerprint density at radius 2 is 2.33 bits per heavy atom. The van der Waals surface area contributed by atoms with Gasteiger partial charge in [-0.15, -0.1) is 12.4 Å². The van der Waals surface area contributed by atoms with E-state index in [4.69, 9.17) is 16.3 Å². The Kier molecular flexibility index (Phi) is 5.81. The second-order valence-corrected chi connectivity index (χ2v) is 4.11. The van der Waals surface area contributed by atoms with Crippen LogP contribution in [0.2, 0.25) is 5.02 Å². The summed E-state index contributed by atoms with van der Waals surface area (Å²) in [6.45, 7) is 1.58. The monoisotopic (exact) mass is 294 g/mol. The second-order valence-electron chi connectivity index (χ2n) is 3.70. The van der Waals surface area contributed by atoms with E-state index in [0.29, 0.717) is 25.4 Å². The molecule has 0 aliphatic carbocycles. The summed E-state index contributed by atoms with van der Waals surface area (Å²) in [5.74, 6) is -0.726. The third-order valence-corrected chi connectivity index (χ3v) is 2.71. The van der Waals surface area contributed by atoms with Crippen LogP contribution in [0.25, 0.3) is 0 Å². The summed E-state index contributed by atoms with van der Waals surface area (Å²) in [5, 5.41) is 5.65. The number of ether oxygens (including phenoxy) is 1. The van der Waals surface area contributed by atoms with E-state index in [1.165, 1.54) is 18.2 Å². The Bertz CT molecular complexity index is 426. The molecule has 2 rings (SSSR count). The van der Waals surface area contributed by atoms with E-state index in [1.54, 1.807) is 0 Å². The number of carbonyl (C=O) groups is 1. The maximum atomic E-state index is 12.9. The van der Waals surface area contributed by atoms with Crippen molar-refractivity contribution in [3.63, 3.8) is 0 Å². The summed E-state index contributed by atoms with van der Waals surface area (Å²) in [5.41, 5.74) is 0.466. The largest absolute Gasteiger partial charge is 0.378 e. The molecular weight excluding hydrogens is 282 g/mol. The highest BCUT2D eigenvalue weighted by Crippen LogP contribution is 2.19. The molecule has 7 heteroatoms. The van der Waals surface area contributed by atoms with Crippen molar-refractivity contribution in [1.82, 2.24) is 5.32 Å². The first-order chi connectivity index (χ1) is 8.16. The van der Waals surface area contributed by atoms with Gasteiger partial charge in [0.05, 0.1) is 18.2 Å². The predicted octanol–water partition coefficient (Wildman–Crippen LogP) is 1.83. The van der Waals surface area contributed by atoms with Crippen LogP contribution in [0.5, 0.6) is 0 Å². The first kappa shape index (κ1) is 15.2. The van der Waals surface area contributed by atoms with Crippen LogP contribution in [-0.2, 0) is 9.53 Å². The molecule has 0 saturated carbocycles. The number of rotatable bonds is 2. The molecule has 18 heavy (non-hydrogen) atoms. The fourth-order valence-electron chi connectivity index (χ4n) is 1.54. The number of anilines is 1. The van der Waals surface area contributed by atoms with Gasteiger partial charge in [0.2, 0.25) is 5.91 Å². The quantitative estimate of drug-likeness (QED) is 0.875. The first-order valence-corrected chi connectivity index (χ1v) is 5.61. The van der Waals surface area contributed by atoms with E-state index in [1.807, 2.05) is 0 Å². The average Bonchev–Trinajstić information content (AvgIpc) is 2.35. The van der Waals surface area contributed by atoms with Gasteiger partial charge in [-0.05, 0) is 18.2 Å². The number of benzene rings is 1. The Labute approximate surface area is 115 Å². The van der Waals surface area contributed by atoms with E-state index in [0.717, 1.165) is 0 Å². The zero-order valence-electron chi connectivity index (χ0n) is 9.41. The molecule has 1 aromatic rings. The molecule has 4 nitrogen and oxygen atoms in total. The molecule has 0 spiro atoms. The summed E-state index contributed by atoms with van der Waals surface area (Å²) < 4.78 is 18.1. The minimum absolute atomic E-state index is 0. The average molecular weight is 295 g/mol. The normalized spacial score (nSPS) is 18.9. The smallest absolute Gasteiger partial charge is 0.243 e. The Morgan fingerprint density at radius 3 is 2.94 bits per heavy atom. The van der Waals surface area contributed by atoms with E-state index < -0.39 is 5.82 Å². The van der Waals surface area contributed by atoms with Crippen LogP contribution in [0.3, 0.4) is 0 Å². The van der Waals surface area contributed by atoms with E-state index in [2.05, 4.69) is 10.6 Å². The van der Waals surface area contributed by atoms with Gasteiger partial charge in [0.25, 0.3) is 0 Å². The van der Waals surface area contributed by atoms with Gasteiger partial charge in [0.1, 0.15) is 11.9 Å². The number of halogens is 3. The van der Waals surface area contributed by atoms with Crippen LogP contribution in [-0.4, -0.2) is 31.7 Å². The van der Waals surface area contributed by atoms with Gasteiger partial charge >= 0.3 is 0 Å². The van der Waals surface area contributed by atoms with Crippen molar-refractivity contribution in [2.75, 3.05) is 25.1 Å². The van der Waals surface area contributed by atoms with Crippen molar-refractivity contribution in [3.8, 4) is 0 Å². The van der Waals surface area contributed by atoms with Crippen LogP contribution in [0.1, 0.15) is 0 Å². The fourth-order valence-corrected chi connectivity index (χ4v) is 1.72. The van der Waals surface area contributed by atoms with Crippen molar-refractivity contribution in [2.45, 2.75) is 6.04 Å². The number of carbonyl (C=O) groups excluding carboxylic acids is 1. The summed E-state index contributed by atoms with van der Waals surface area (Å²) in [7, 11) is 0. The lowest BCUT2D eigenvalue weighted by atomic mass is 10.2. The van der Waals surface area contributed by atoms with Gasteiger partial charge in [-0.25, -0.2) is 4.39 Å². The standard InChI is InChI=1S/C11H12ClFN2O2.ClH/c12-8-5-7(1-2-9(8)13)15-11(16)10-6-17-4-3-14-10;/h1-2,5,10,14H,3-4,6H2,(H,15,16);1H. The van der Waals surface area contributed by atoms with Gasteiger partial charge in [0, 0.05) is 12.2 Å². The van der Waals surface area contributed by atoms with Gasteiger partial charge in [-0.1, -0.05) is 11.6 Å². The van der Waals surface area contributed by atoms with Crippen molar-refractivity contribution >= 4 is 35.6 Å². The minimum atomic E-state index is -0.510. The second kappa shape index (κ2) is 6.89. The first-order valence-electron chi connectivity index (χ1n) is 5.24. The molecular formula is C11H13Cl2FN2O2. The number of hydrogen-bond acceptors (Lipinski definition) is 3. The Hall–Kier alpha value is -0.880. The molecule has 1 aromatic carbocycles. The third kappa shape index (κ3) is 3.81. The van der Waals surface area contributed by atoms with Crippen molar-refractivity contribution in [3.05, 3.63) is 29.0 Å². The van der Waals surface area contributed by atoms with Crippen LogP contribution >= 0.6 is 24.0 Å². The zero-order chi connectivity index (χ0) is 12.3. The molecule has 100 valence electrons. The molecule has 1 heterocycles. The molecule has 0 bridgehead atoms. The lowest BCUT2D eigenvalue weighted by Crippen LogP contribution is -2.48. The molecule has 1 saturated heterocycles. The molecule has 1 atom stereocenters. The molecule has 1 aliphatic rings. The number of morpholine rings is 1. The lowest BCUT2D eigenvalue weighted by Gasteiger charge is -2.22. The van der Waals surface area contributed by atoms with Gasteiger partial charge in [0.15, 0.2) is 0 Å². The van der Waals surface area contributed by atoms with E-state index >= 15 is 0 Å². The lowest BCUT2D eigenvalue weighted by molar-refractivity contribution is -0.120. The number of amides is 1. The van der Waals surface area contributed by atoms with Crippen LogP contribution in [0, 0.1) is 5.82 Å². The number of nitrogens with one attached hydrogen (secondary N) is 2. The Balaban J connectivity index is 0.00000162. The highest BCUT2D eigenvalue weighted by atomic mass is 35.5. The van der Waals surface area contributed by atoms with Crippen LogP contribution < -0.4 is 10.6 Å². The fraction of sp³-hybridized carbons (Fsp3) is 0.364. The highest BCUT2D eigenvalue weighted by molar-refractivity contribution is 6.31. The Morgan fingerprint density at radius 1 is 1.56 bits per heavy atom. The molecule has 1 aliphatic heterocycles. The van der Waals surface area contributed by atoms with E-state index in [9.17, 15) is 9.18 Å². The van der Waals surface area contributed by atoms with Gasteiger partial charge < -0.3 is 15.4 Å².